The van der Waals surface area contributed by atoms with Crippen molar-refractivity contribution in [2.24, 2.45) is 0 Å². The van der Waals surface area contributed by atoms with Crippen molar-refractivity contribution in [3.8, 4) is 28.4 Å². The van der Waals surface area contributed by atoms with Gasteiger partial charge in [-0.3, -0.25) is 4.79 Å². The van der Waals surface area contributed by atoms with Crippen LogP contribution in [0.1, 0.15) is 6.42 Å². The summed E-state index contributed by atoms with van der Waals surface area (Å²) in [6, 6.07) is 17.8. The van der Waals surface area contributed by atoms with Crippen molar-refractivity contribution >= 4 is 21.1 Å². The maximum atomic E-state index is 12.9. The Morgan fingerprint density at radius 1 is 0.844 bits per heavy atom. The van der Waals surface area contributed by atoms with Crippen LogP contribution in [-0.4, -0.2) is 21.6 Å². The number of fused-ring (bicyclic) bond motifs is 2. The van der Waals surface area contributed by atoms with E-state index in [0.29, 0.717) is 42.1 Å². The van der Waals surface area contributed by atoms with E-state index in [2.05, 4.69) is 0 Å². The van der Waals surface area contributed by atoms with Gasteiger partial charge in [0, 0.05) is 18.6 Å². The average Bonchev–Trinajstić information content (AvgIpc) is 3.04. The summed E-state index contributed by atoms with van der Waals surface area (Å²) in [7, 11) is -4.14. The fourth-order valence-corrected chi connectivity index (χ4v) is 4.39. The van der Waals surface area contributed by atoms with Gasteiger partial charge in [0.25, 0.3) is 0 Å². The summed E-state index contributed by atoms with van der Waals surface area (Å²) in [6.45, 7) is 0.940. The van der Waals surface area contributed by atoms with Crippen molar-refractivity contribution in [1.82, 2.24) is 0 Å². The molecule has 0 amide bonds. The summed E-state index contributed by atoms with van der Waals surface area (Å²) in [4.78, 5) is 12.8. The molecule has 0 saturated carbocycles. The first-order chi connectivity index (χ1) is 15.5. The lowest BCUT2D eigenvalue weighted by Crippen LogP contribution is -2.10. The SMILES string of the molecule is O=c1c(-c2ccccc2)coc2cc(OS(=O)(=O)c3ccc4c(c3)OCCCO4)ccc12. The van der Waals surface area contributed by atoms with E-state index >= 15 is 0 Å². The van der Waals surface area contributed by atoms with Gasteiger partial charge in [-0.1, -0.05) is 30.3 Å². The van der Waals surface area contributed by atoms with E-state index in [9.17, 15) is 13.2 Å². The molecule has 0 N–H and O–H groups in total. The predicted octanol–water partition coefficient (Wildman–Crippen LogP) is 4.39. The molecular weight excluding hydrogens is 432 g/mol. The highest BCUT2D eigenvalue weighted by molar-refractivity contribution is 7.87. The van der Waals surface area contributed by atoms with Crippen LogP contribution in [0.25, 0.3) is 22.1 Å². The zero-order chi connectivity index (χ0) is 22.1. The van der Waals surface area contributed by atoms with Crippen LogP contribution in [0.4, 0.5) is 0 Å². The zero-order valence-electron chi connectivity index (χ0n) is 16.8. The smallest absolute Gasteiger partial charge is 0.339 e. The third kappa shape index (κ3) is 3.80. The highest BCUT2D eigenvalue weighted by Crippen LogP contribution is 2.33. The van der Waals surface area contributed by atoms with E-state index in [-0.39, 0.29) is 21.7 Å². The largest absolute Gasteiger partial charge is 0.490 e. The Labute approximate surface area is 183 Å². The normalized spacial score (nSPS) is 13.5. The molecule has 7 nitrogen and oxygen atoms in total. The molecule has 0 radical (unpaired) electrons. The molecule has 5 rings (SSSR count). The molecule has 0 bridgehead atoms. The van der Waals surface area contributed by atoms with Gasteiger partial charge in [0.1, 0.15) is 22.5 Å². The maximum Gasteiger partial charge on any atom is 0.339 e. The molecule has 3 aromatic carbocycles. The van der Waals surface area contributed by atoms with Crippen LogP contribution in [-0.2, 0) is 10.1 Å². The van der Waals surface area contributed by atoms with E-state index < -0.39 is 10.1 Å². The molecule has 1 aliphatic rings. The van der Waals surface area contributed by atoms with Crippen molar-refractivity contribution in [2.45, 2.75) is 11.3 Å². The van der Waals surface area contributed by atoms with Gasteiger partial charge in [-0.15, -0.1) is 0 Å². The van der Waals surface area contributed by atoms with Crippen LogP contribution in [0.15, 0.2) is 87.1 Å². The van der Waals surface area contributed by atoms with E-state index in [1.54, 1.807) is 6.07 Å². The average molecular weight is 450 g/mol. The number of benzene rings is 3. The van der Waals surface area contributed by atoms with E-state index in [1.165, 1.54) is 36.6 Å². The first-order valence-electron chi connectivity index (χ1n) is 9.96. The van der Waals surface area contributed by atoms with E-state index in [1.807, 2.05) is 30.3 Å². The lowest BCUT2D eigenvalue weighted by atomic mass is 10.1. The molecule has 0 saturated heterocycles. The number of ether oxygens (including phenoxy) is 2. The summed E-state index contributed by atoms with van der Waals surface area (Å²) in [5.41, 5.74) is 1.17. The van der Waals surface area contributed by atoms with E-state index in [0.717, 1.165) is 5.56 Å². The predicted molar refractivity (Wildman–Crippen MR) is 118 cm³/mol. The van der Waals surface area contributed by atoms with Crippen molar-refractivity contribution in [1.29, 1.82) is 0 Å². The fraction of sp³-hybridized carbons (Fsp3) is 0.125. The summed E-state index contributed by atoms with van der Waals surface area (Å²) in [6.07, 6.45) is 2.07. The lowest BCUT2D eigenvalue weighted by Gasteiger charge is -2.11. The second kappa shape index (κ2) is 8.05. The van der Waals surface area contributed by atoms with Crippen molar-refractivity contribution in [2.75, 3.05) is 13.2 Å². The van der Waals surface area contributed by atoms with Gasteiger partial charge in [-0.2, -0.15) is 8.42 Å². The Balaban J connectivity index is 1.46. The fourth-order valence-electron chi connectivity index (χ4n) is 3.45. The zero-order valence-corrected chi connectivity index (χ0v) is 17.6. The standard InChI is InChI=1S/C24H18O7S/c25-24-19-9-7-17(13-22(19)30-15-20(24)16-5-2-1-3-6-16)31-32(26,27)18-8-10-21-23(14-18)29-12-4-11-28-21/h1-3,5-10,13-15H,4,11-12H2. The molecule has 0 aliphatic carbocycles. The highest BCUT2D eigenvalue weighted by Gasteiger charge is 2.21. The summed E-state index contributed by atoms with van der Waals surface area (Å²) in [5.74, 6) is 0.869. The quantitative estimate of drug-likeness (QED) is 0.426. The van der Waals surface area contributed by atoms with Crippen LogP contribution in [0.3, 0.4) is 0 Å². The Morgan fingerprint density at radius 2 is 1.62 bits per heavy atom. The van der Waals surface area contributed by atoms with Crippen LogP contribution >= 0.6 is 0 Å². The molecule has 0 spiro atoms. The minimum Gasteiger partial charge on any atom is -0.490 e. The van der Waals surface area contributed by atoms with Gasteiger partial charge < -0.3 is 18.1 Å². The van der Waals surface area contributed by atoms with Crippen LogP contribution in [0, 0.1) is 0 Å². The third-order valence-corrected chi connectivity index (χ3v) is 6.29. The van der Waals surface area contributed by atoms with Crippen LogP contribution in [0.5, 0.6) is 17.2 Å². The van der Waals surface area contributed by atoms with Crippen molar-refractivity contribution in [3.63, 3.8) is 0 Å². The Hall–Kier alpha value is -3.78. The number of hydrogen-bond acceptors (Lipinski definition) is 7. The second-order valence-corrected chi connectivity index (χ2v) is 8.75. The molecule has 32 heavy (non-hydrogen) atoms. The summed E-state index contributed by atoms with van der Waals surface area (Å²) >= 11 is 0. The van der Waals surface area contributed by atoms with Crippen LogP contribution in [0.2, 0.25) is 0 Å². The van der Waals surface area contributed by atoms with Crippen molar-refractivity contribution in [3.05, 3.63) is 83.2 Å². The second-order valence-electron chi connectivity index (χ2n) is 7.20. The van der Waals surface area contributed by atoms with Gasteiger partial charge in [-0.05, 0) is 29.8 Å². The molecule has 0 atom stereocenters. The van der Waals surface area contributed by atoms with Crippen molar-refractivity contribution < 1.29 is 26.5 Å². The van der Waals surface area contributed by atoms with Gasteiger partial charge in [0.2, 0.25) is 0 Å². The van der Waals surface area contributed by atoms with Gasteiger partial charge in [-0.25, -0.2) is 0 Å². The third-order valence-electron chi connectivity index (χ3n) is 5.04. The molecule has 4 aromatic rings. The molecule has 1 aromatic heterocycles. The highest BCUT2D eigenvalue weighted by atomic mass is 32.2. The molecule has 1 aliphatic heterocycles. The minimum atomic E-state index is -4.14. The molecular formula is C24H18O7S. The van der Waals surface area contributed by atoms with E-state index in [4.69, 9.17) is 18.1 Å². The van der Waals surface area contributed by atoms with Crippen LogP contribution < -0.4 is 19.1 Å². The molecule has 2 heterocycles. The molecule has 162 valence electrons. The van der Waals surface area contributed by atoms with Gasteiger partial charge in [0.15, 0.2) is 16.9 Å². The molecule has 0 fully saturated rings. The monoisotopic (exact) mass is 450 g/mol. The minimum absolute atomic E-state index is 0.0280. The summed E-state index contributed by atoms with van der Waals surface area (Å²) in [5, 5.41) is 0.326. The molecule has 8 heteroatoms. The maximum absolute atomic E-state index is 12.9. The summed E-state index contributed by atoms with van der Waals surface area (Å²) < 4.78 is 47.6. The van der Waals surface area contributed by atoms with Gasteiger partial charge >= 0.3 is 10.1 Å². The Bertz CT molecular complexity index is 1460. The molecule has 0 unspecified atom stereocenters. The lowest BCUT2D eigenvalue weighted by molar-refractivity contribution is 0.296. The number of hydrogen-bond donors (Lipinski definition) is 0. The Morgan fingerprint density at radius 3 is 2.44 bits per heavy atom. The topological polar surface area (TPSA) is 92.0 Å². The first-order valence-corrected chi connectivity index (χ1v) is 11.4. The Kier molecular flexibility index (Phi) is 5.07. The number of rotatable bonds is 4. The first kappa shape index (κ1) is 20.1. The van der Waals surface area contributed by atoms with Gasteiger partial charge in [0.05, 0.1) is 24.2 Å².